The lowest BCUT2D eigenvalue weighted by atomic mass is 9.96. The molecule has 1 fully saturated rings. The van der Waals surface area contributed by atoms with Crippen LogP contribution in [0.1, 0.15) is 12.8 Å². The Kier molecular flexibility index (Phi) is 2.02. The van der Waals surface area contributed by atoms with Gasteiger partial charge in [-0.3, -0.25) is 0 Å². The molecule has 0 saturated heterocycles. The van der Waals surface area contributed by atoms with Crippen molar-refractivity contribution in [2.75, 3.05) is 0 Å². The third kappa shape index (κ3) is 1.55. The Morgan fingerprint density at radius 3 is 2.93 bits per heavy atom. The summed E-state index contributed by atoms with van der Waals surface area (Å²) >= 11 is 5.88. The largest absolute Gasteiger partial charge is 0.392 e. The topological polar surface area (TPSA) is 39.9 Å². The van der Waals surface area contributed by atoms with E-state index in [1.807, 2.05) is 24.3 Å². The second-order valence-corrected chi connectivity index (χ2v) is 4.36. The van der Waals surface area contributed by atoms with Crippen molar-refractivity contribution in [2.24, 2.45) is 0 Å². The minimum atomic E-state index is 0.178. The molecule has 1 saturated carbocycles. The number of alkyl halides is 1. The molecule has 1 aromatic heterocycles. The molecular weight excluding hydrogens is 214 g/mol. The standard InChI is InChI=1S/C10H10ClN3O/c11-7-5-8(6-7)15-14-10-4-2-1-3-9(10)12-13-14/h1-4,7-8H,5-6H2. The van der Waals surface area contributed by atoms with Gasteiger partial charge in [0.1, 0.15) is 17.1 Å². The van der Waals surface area contributed by atoms with Crippen LogP contribution in [-0.2, 0) is 0 Å². The van der Waals surface area contributed by atoms with Gasteiger partial charge in [-0.25, -0.2) is 0 Å². The zero-order chi connectivity index (χ0) is 10.3. The Labute approximate surface area is 91.7 Å². The second-order valence-electron chi connectivity index (χ2n) is 3.75. The average Bonchev–Trinajstić information content (AvgIpc) is 2.60. The molecule has 2 aromatic rings. The molecule has 0 bridgehead atoms. The number of fused-ring (bicyclic) bond motifs is 1. The van der Waals surface area contributed by atoms with Crippen LogP contribution in [0.3, 0.4) is 0 Å². The van der Waals surface area contributed by atoms with E-state index in [2.05, 4.69) is 10.3 Å². The normalized spacial score (nSPS) is 25.1. The van der Waals surface area contributed by atoms with Gasteiger partial charge < -0.3 is 4.84 Å². The van der Waals surface area contributed by atoms with Gasteiger partial charge in [0.25, 0.3) is 0 Å². The van der Waals surface area contributed by atoms with Crippen LogP contribution in [0.25, 0.3) is 11.0 Å². The number of rotatable bonds is 2. The summed E-state index contributed by atoms with van der Waals surface area (Å²) in [5, 5.41) is 8.20. The van der Waals surface area contributed by atoms with Gasteiger partial charge in [0, 0.05) is 18.2 Å². The molecule has 0 unspecified atom stereocenters. The highest BCUT2D eigenvalue weighted by Gasteiger charge is 2.30. The number of nitrogens with zero attached hydrogens (tertiary/aromatic N) is 3. The first-order chi connectivity index (χ1) is 7.33. The maximum Gasteiger partial charge on any atom is 0.130 e. The fraction of sp³-hybridized carbons (Fsp3) is 0.400. The minimum absolute atomic E-state index is 0.178. The van der Waals surface area contributed by atoms with E-state index in [4.69, 9.17) is 16.4 Å². The number of para-hydroxylation sites is 1. The lowest BCUT2D eigenvalue weighted by Crippen LogP contribution is -2.38. The van der Waals surface area contributed by atoms with Crippen molar-refractivity contribution >= 4 is 22.6 Å². The molecule has 78 valence electrons. The maximum atomic E-state index is 5.88. The summed E-state index contributed by atoms with van der Waals surface area (Å²) in [6.45, 7) is 0. The van der Waals surface area contributed by atoms with E-state index in [1.165, 1.54) is 4.85 Å². The summed E-state index contributed by atoms with van der Waals surface area (Å²) < 4.78 is 0. The molecule has 1 heterocycles. The molecule has 5 heteroatoms. The van der Waals surface area contributed by atoms with Crippen molar-refractivity contribution in [2.45, 2.75) is 24.3 Å². The van der Waals surface area contributed by atoms with Gasteiger partial charge in [0.05, 0.1) is 0 Å². The highest BCUT2D eigenvalue weighted by atomic mass is 35.5. The zero-order valence-corrected chi connectivity index (χ0v) is 8.76. The quantitative estimate of drug-likeness (QED) is 0.727. The fourth-order valence-electron chi connectivity index (χ4n) is 1.65. The third-order valence-electron chi connectivity index (χ3n) is 2.61. The first-order valence-electron chi connectivity index (χ1n) is 4.94. The lowest BCUT2D eigenvalue weighted by molar-refractivity contribution is -0.0206. The van der Waals surface area contributed by atoms with Crippen LogP contribution in [0.4, 0.5) is 0 Å². The molecule has 1 aliphatic rings. The van der Waals surface area contributed by atoms with Crippen LogP contribution in [-0.4, -0.2) is 26.6 Å². The average molecular weight is 224 g/mol. The Hall–Kier alpha value is -1.29. The predicted octanol–water partition coefficient (Wildman–Crippen LogP) is 1.63. The predicted molar refractivity (Wildman–Crippen MR) is 56.8 cm³/mol. The Morgan fingerprint density at radius 1 is 1.33 bits per heavy atom. The number of hydrogen-bond acceptors (Lipinski definition) is 3. The number of hydrogen-bond donors (Lipinski definition) is 0. The van der Waals surface area contributed by atoms with E-state index in [0.29, 0.717) is 0 Å². The van der Waals surface area contributed by atoms with Gasteiger partial charge in [0.2, 0.25) is 0 Å². The van der Waals surface area contributed by atoms with Crippen molar-refractivity contribution in [3.05, 3.63) is 24.3 Å². The monoisotopic (exact) mass is 223 g/mol. The fourth-order valence-corrected chi connectivity index (χ4v) is 2.05. The van der Waals surface area contributed by atoms with Gasteiger partial charge in [-0.2, -0.15) is 0 Å². The molecule has 0 spiro atoms. The van der Waals surface area contributed by atoms with Crippen LogP contribution >= 0.6 is 11.6 Å². The maximum absolute atomic E-state index is 5.88. The molecule has 0 N–H and O–H groups in total. The van der Waals surface area contributed by atoms with Crippen LogP contribution in [0.15, 0.2) is 24.3 Å². The number of halogens is 1. The number of benzene rings is 1. The van der Waals surface area contributed by atoms with Gasteiger partial charge in [-0.05, 0) is 17.3 Å². The first kappa shape index (κ1) is 8.97. The molecule has 3 rings (SSSR count). The minimum Gasteiger partial charge on any atom is -0.392 e. The second kappa shape index (κ2) is 3.38. The highest BCUT2D eigenvalue weighted by Crippen LogP contribution is 2.26. The molecule has 0 amide bonds. The SMILES string of the molecule is ClC1CC(On2nnc3ccccc32)C1. The Bertz CT molecular complexity index is 478. The molecule has 1 aromatic carbocycles. The van der Waals surface area contributed by atoms with Crippen molar-refractivity contribution in [1.29, 1.82) is 0 Å². The van der Waals surface area contributed by atoms with Gasteiger partial charge in [0.15, 0.2) is 0 Å². The van der Waals surface area contributed by atoms with Crippen LogP contribution in [0.2, 0.25) is 0 Å². The molecule has 0 atom stereocenters. The van der Waals surface area contributed by atoms with E-state index in [-0.39, 0.29) is 11.5 Å². The molecule has 0 aliphatic heterocycles. The van der Waals surface area contributed by atoms with E-state index < -0.39 is 0 Å². The zero-order valence-electron chi connectivity index (χ0n) is 8.01. The van der Waals surface area contributed by atoms with E-state index in [1.54, 1.807) is 0 Å². The number of aromatic nitrogens is 3. The molecular formula is C10H10ClN3O. The van der Waals surface area contributed by atoms with Crippen LogP contribution in [0.5, 0.6) is 0 Å². The highest BCUT2D eigenvalue weighted by molar-refractivity contribution is 6.21. The Balaban J connectivity index is 1.85. The third-order valence-corrected chi connectivity index (χ3v) is 2.96. The molecule has 1 aliphatic carbocycles. The summed E-state index contributed by atoms with van der Waals surface area (Å²) in [5.74, 6) is 0. The first-order valence-corrected chi connectivity index (χ1v) is 5.38. The van der Waals surface area contributed by atoms with E-state index >= 15 is 0 Å². The van der Waals surface area contributed by atoms with Crippen molar-refractivity contribution in [1.82, 2.24) is 15.2 Å². The lowest BCUT2D eigenvalue weighted by Gasteiger charge is -2.29. The Morgan fingerprint density at radius 2 is 2.13 bits per heavy atom. The molecule has 0 radical (unpaired) electrons. The van der Waals surface area contributed by atoms with Crippen LogP contribution < -0.4 is 4.84 Å². The van der Waals surface area contributed by atoms with Crippen LogP contribution in [0, 0.1) is 0 Å². The smallest absolute Gasteiger partial charge is 0.130 e. The van der Waals surface area contributed by atoms with Gasteiger partial charge >= 0.3 is 0 Å². The van der Waals surface area contributed by atoms with Crippen molar-refractivity contribution < 1.29 is 4.84 Å². The summed E-state index contributed by atoms with van der Waals surface area (Å²) in [7, 11) is 0. The summed E-state index contributed by atoms with van der Waals surface area (Å²) in [6.07, 6.45) is 1.95. The van der Waals surface area contributed by atoms with Gasteiger partial charge in [-0.1, -0.05) is 17.0 Å². The summed E-state index contributed by atoms with van der Waals surface area (Å²) in [4.78, 5) is 7.12. The van der Waals surface area contributed by atoms with Crippen molar-refractivity contribution in [3.63, 3.8) is 0 Å². The van der Waals surface area contributed by atoms with Gasteiger partial charge in [-0.15, -0.1) is 16.7 Å². The van der Waals surface area contributed by atoms with Crippen molar-refractivity contribution in [3.8, 4) is 0 Å². The van der Waals surface area contributed by atoms with E-state index in [9.17, 15) is 0 Å². The summed E-state index contributed by atoms with van der Waals surface area (Å²) in [5.41, 5.74) is 1.75. The molecule has 4 nitrogen and oxygen atoms in total. The summed E-state index contributed by atoms with van der Waals surface area (Å²) in [6, 6.07) is 7.72. The molecule has 15 heavy (non-hydrogen) atoms. The van der Waals surface area contributed by atoms with E-state index in [0.717, 1.165) is 23.9 Å².